The van der Waals surface area contributed by atoms with E-state index in [-0.39, 0.29) is 11.5 Å². The van der Waals surface area contributed by atoms with Crippen LogP contribution in [0.2, 0.25) is 0 Å². The third kappa shape index (κ3) is 2.25. The Kier molecular flexibility index (Phi) is 2.72. The first-order valence-electron chi connectivity index (χ1n) is 5.62. The number of rotatable bonds is 4. The van der Waals surface area contributed by atoms with E-state index in [0.717, 1.165) is 18.4 Å². The van der Waals surface area contributed by atoms with E-state index in [0.29, 0.717) is 6.42 Å². The fourth-order valence-electron chi connectivity index (χ4n) is 1.84. The molecule has 3 N–H and O–H groups in total. The van der Waals surface area contributed by atoms with Crippen molar-refractivity contribution in [1.82, 2.24) is 0 Å². The third-order valence-corrected chi connectivity index (χ3v) is 3.28. The van der Waals surface area contributed by atoms with Crippen LogP contribution in [-0.2, 0) is 16.8 Å². The van der Waals surface area contributed by atoms with Gasteiger partial charge in [-0.05, 0) is 30.4 Å². The van der Waals surface area contributed by atoms with Crippen molar-refractivity contribution in [2.45, 2.75) is 31.7 Å². The average Bonchev–Trinajstić information content (AvgIpc) is 2.98. The van der Waals surface area contributed by atoms with Crippen LogP contribution >= 0.6 is 0 Å². The first kappa shape index (κ1) is 11.1. The lowest BCUT2D eigenvalue weighted by molar-refractivity contribution is -0.141. The summed E-state index contributed by atoms with van der Waals surface area (Å²) in [5.41, 5.74) is 8.20. The van der Waals surface area contributed by atoms with Crippen molar-refractivity contribution in [3.05, 3.63) is 35.4 Å². The molecule has 0 bridgehead atoms. The fourth-order valence-corrected chi connectivity index (χ4v) is 1.84. The van der Waals surface area contributed by atoms with Gasteiger partial charge in [-0.15, -0.1) is 0 Å². The molecule has 0 aliphatic heterocycles. The quantitative estimate of drug-likeness (QED) is 0.813. The first-order chi connectivity index (χ1) is 7.51. The summed E-state index contributed by atoms with van der Waals surface area (Å²) in [6.45, 7) is 1.72. The lowest BCUT2D eigenvalue weighted by atomic mass is 9.98. The molecule has 1 saturated carbocycles. The molecule has 1 fully saturated rings. The molecular weight excluding hydrogens is 202 g/mol. The summed E-state index contributed by atoms with van der Waals surface area (Å²) in [7, 11) is 0. The monoisotopic (exact) mass is 219 g/mol. The lowest BCUT2D eigenvalue weighted by Gasteiger charge is -2.11. The second-order valence-electron chi connectivity index (χ2n) is 4.80. The van der Waals surface area contributed by atoms with Crippen molar-refractivity contribution in [3.63, 3.8) is 0 Å². The molecule has 2 rings (SSSR count). The van der Waals surface area contributed by atoms with Gasteiger partial charge in [-0.1, -0.05) is 31.2 Å². The van der Waals surface area contributed by atoms with Crippen molar-refractivity contribution in [2.24, 2.45) is 11.7 Å². The Morgan fingerprint density at radius 3 is 2.44 bits per heavy atom. The number of hydrogen-bond donors (Lipinski definition) is 2. The number of nitrogens with two attached hydrogens (primary N) is 1. The molecule has 16 heavy (non-hydrogen) atoms. The number of carbonyl (C=O) groups is 1. The summed E-state index contributed by atoms with van der Waals surface area (Å²) in [4.78, 5) is 10.7. The minimum Gasteiger partial charge on any atom is -0.481 e. The SMILES string of the molecule is CC(Cc1ccc(C2(N)CC2)cc1)C(=O)O. The Balaban J connectivity index is 2.05. The predicted octanol–water partition coefficient (Wildman–Crippen LogP) is 1.90. The highest BCUT2D eigenvalue weighted by atomic mass is 16.4. The normalized spacial score (nSPS) is 19.1. The molecule has 0 spiro atoms. The van der Waals surface area contributed by atoms with Crippen LogP contribution in [0, 0.1) is 5.92 Å². The van der Waals surface area contributed by atoms with Crippen molar-refractivity contribution in [2.75, 3.05) is 0 Å². The molecule has 0 aromatic heterocycles. The van der Waals surface area contributed by atoms with E-state index in [1.54, 1.807) is 6.92 Å². The standard InChI is InChI=1S/C13H17NO2/c1-9(12(15)16)8-10-2-4-11(5-3-10)13(14)6-7-13/h2-5,9H,6-8,14H2,1H3,(H,15,16). The van der Waals surface area contributed by atoms with Gasteiger partial charge in [0.1, 0.15) is 0 Å². The highest BCUT2D eigenvalue weighted by molar-refractivity contribution is 5.69. The van der Waals surface area contributed by atoms with Gasteiger partial charge < -0.3 is 10.8 Å². The molecule has 0 amide bonds. The molecule has 0 saturated heterocycles. The minimum absolute atomic E-state index is 0.100. The minimum atomic E-state index is -0.749. The third-order valence-electron chi connectivity index (χ3n) is 3.28. The Hall–Kier alpha value is -1.35. The number of hydrogen-bond acceptors (Lipinski definition) is 2. The highest BCUT2D eigenvalue weighted by Crippen LogP contribution is 2.42. The summed E-state index contributed by atoms with van der Waals surface area (Å²) >= 11 is 0. The topological polar surface area (TPSA) is 63.3 Å². The summed E-state index contributed by atoms with van der Waals surface area (Å²) < 4.78 is 0. The smallest absolute Gasteiger partial charge is 0.306 e. The van der Waals surface area contributed by atoms with Gasteiger partial charge in [0.2, 0.25) is 0 Å². The van der Waals surface area contributed by atoms with Crippen LogP contribution in [0.3, 0.4) is 0 Å². The van der Waals surface area contributed by atoms with Gasteiger partial charge in [0.15, 0.2) is 0 Å². The van der Waals surface area contributed by atoms with Crippen LogP contribution in [0.4, 0.5) is 0 Å². The van der Waals surface area contributed by atoms with E-state index >= 15 is 0 Å². The largest absolute Gasteiger partial charge is 0.481 e. The van der Waals surface area contributed by atoms with Gasteiger partial charge in [-0.25, -0.2) is 0 Å². The molecule has 0 radical (unpaired) electrons. The second-order valence-corrected chi connectivity index (χ2v) is 4.80. The van der Waals surface area contributed by atoms with Crippen LogP contribution in [0.1, 0.15) is 30.9 Å². The zero-order valence-corrected chi connectivity index (χ0v) is 9.44. The summed E-state index contributed by atoms with van der Waals surface area (Å²) in [5.74, 6) is -1.08. The second kappa shape index (κ2) is 3.91. The molecule has 86 valence electrons. The number of carboxylic acid groups (broad SMARTS) is 1. The van der Waals surface area contributed by atoms with Crippen LogP contribution in [0.5, 0.6) is 0 Å². The van der Waals surface area contributed by atoms with Gasteiger partial charge in [0.05, 0.1) is 5.92 Å². The van der Waals surface area contributed by atoms with Crippen molar-refractivity contribution in [3.8, 4) is 0 Å². The highest BCUT2D eigenvalue weighted by Gasteiger charge is 2.39. The molecule has 1 atom stereocenters. The van der Waals surface area contributed by atoms with Gasteiger partial charge in [0.25, 0.3) is 0 Å². The van der Waals surface area contributed by atoms with Crippen LogP contribution < -0.4 is 5.73 Å². The van der Waals surface area contributed by atoms with E-state index in [2.05, 4.69) is 0 Å². The van der Waals surface area contributed by atoms with Gasteiger partial charge >= 0.3 is 5.97 Å². The molecule has 3 nitrogen and oxygen atoms in total. The Bertz CT molecular complexity index is 393. The zero-order chi connectivity index (χ0) is 11.8. The first-order valence-corrected chi connectivity index (χ1v) is 5.62. The zero-order valence-electron chi connectivity index (χ0n) is 9.44. The Morgan fingerprint density at radius 1 is 1.44 bits per heavy atom. The Labute approximate surface area is 95.3 Å². The van der Waals surface area contributed by atoms with Crippen LogP contribution in [-0.4, -0.2) is 11.1 Å². The fraction of sp³-hybridized carbons (Fsp3) is 0.462. The maximum atomic E-state index is 10.7. The molecular formula is C13H17NO2. The molecule has 1 aromatic carbocycles. The van der Waals surface area contributed by atoms with Crippen LogP contribution in [0.15, 0.2) is 24.3 Å². The molecule has 0 heterocycles. The van der Waals surface area contributed by atoms with Crippen LogP contribution in [0.25, 0.3) is 0 Å². The maximum absolute atomic E-state index is 10.7. The average molecular weight is 219 g/mol. The Morgan fingerprint density at radius 2 is 2.00 bits per heavy atom. The van der Waals surface area contributed by atoms with Gasteiger partial charge in [-0.3, -0.25) is 4.79 Å². The lowest BCUT2D eigenvalue weighted by Crippen LogP contribution is -2.18. The van der Waals surface area contributed by atoms with Gasteiger partial charge in [0, 0.05) is 5.54 Å². The molecule has 3 heteroatoms. The summed E-state index contributed by atoms with van der Waals surface area (Å²) in [6, 6.07) is 8.03. The van der Waals surface area contributed by atoms with Gasteiger partial charge in [-0.2, -0.15) is 0 Å². The summed E-state index contributed by atoms with van der Waals surface area (Å²) in [5, 5.41) is 8.82. The van der Waals surface area contributed by atoms with Crippen molar-refractivity contribution >= 4 is 5.97 Å². The maximum Gasteiger partial charge on any atom is 0.306 e. The number of carboxylic acids is 1. The van der Waals surface area contributed by atoms with E-state index in [1.165, 1.54) is 5.56 Å². The van der Waals surface area contributed by atoms with E-state index in [4.69, 9.17) is 10.8 Å². The van der Waals surface area contributed by atoms with Crippen molar-refractivity contribution in [1.29, 1.82) is 0 Å². The van der Waals surface area contributed by atoms with E-state index in [9.17, 15) is 4.79 Å². The van der Waals surface area contributed by atoms with E-state index < -0.39 is 5.97 Å². The number of benzene rings is 1. The number of aliphatic carboxylic acids is 1. The van der Waals surface area contributed by atoms with Crippen molar-refractivity contribution < 1.29 is 9.90 Å². The molecule has 1 aliphatic carbocycles. The van der Waals surface area contributed by atoms with E-state index in [1.807, 2.05) is 24.3 Å². The summed E-state index contributed by atoms with van der Waals surface area (Å²) in [6.07, 6.45) is 2.68. The molecule has 1 unspecified atom stereocenters. The molecule has 1 aliphatic rings. The predicted molar refractivity (Wildman–Crippen MR) is 62.0 cm³/mol. The molecule has 1 aromatic rings.